The zero-order valence-electron chi connectivity index (χ0n) is 26.7. The molecule has 234 valence electrons. The number of hydrogen-bond acceptors (Lipinski definition) is 6. The first-order chi connectivity index (χ1) is 21.0. The fourth-order valence-electron chi connectivity index (χ4n) is 5.16. The smallest absolute Gasteiger partial charge is 0.275 e. The number of ether oxygens (including phenoxy) is 1. The quantitative estimate of drug-likeness (QED) is 0.154. The van der Waals surface area contributed by atoms with Crippen molar-refractivity contribution in [3.8, 4) is 22.8 Å². The van der Waals surface area contributed by atoms with Crippen molar-refractivity contribution in [3.05, 3.63) is 72.6 Å². The Hall–Kier alpha value is -3.80. The topological polar surface area (TPSA) is 80.5 Å². The van der Waals surface area contributed by atoms with Crippen LogP contribution in [0.2, 0.25) is 25.7 Å². The van der Waals surface area contributed by atoms with Crippen molar-refractivity contribution >= 4 is 25.4 Å². The molecule has 44 heavy (non-hydrogen) atoms. The maximum atomic E-state index is 13.8. The number of rotatable bonds is 11. The minimum Gasteiger partial charge on any atom is -0.369 e. The highest BCUT2D eigenvalue weighted by Gasteiger charge is 2.25. The average Bonchev–Trinajstić information content (AvgIpc) is 3.61. The van der Waals surface area contributed by atoms with E-state index >= 15 is 0 Å². The molecule has 1 aliphatic heterocycles. The first-order valence-corrected chi connectivity index (χ1v) is 19.0. The van der Waals surface area contributed by atoms with Gasteiger partial charge in [0, 0.05) is 70.0 Å². The first kappa shape index (κ1) is 31.6. The SMILES string of the molecule is CC(C)n1cnc(-c2ccc(F)cc2)c1-c1nc(C(=O)Nc2ccc(N3CCN(C)CC3)cc2)cn1COCC[Si](C)(C)C. The van der Waals surface area contributed by atoms with Gasteiger partial charge in [0.1, 0.15) is 23.9 Å². The van der Waals surface area contributed by atoms with Crippen molar-refractivity contribution in [2.24, 2.45) is 0 Å². The second-order valence-electron chi connectivity index (χ2n) is 13.0. The van der Waals surface area contributed by atoms with E-state index < -0.39 is 8.07 Å². The molecule has 11 heteroatoms. The third kappa shape index (κ3) is 7.64. The predicted molar refractivity (Wildman–Crippen MR) is 177 cm³/mol. The molecule has 9 nitrogen and oxygen atoms in total. The second kappa shape index (κ2) is 13.5. The lowest BCUT2D eigenvalue weighted by molar-refractivity contribution is 0.0880. The van der Waals surface area contributed by atoms with E-state index in [0.29, 0.717) is 23.8 Å². The van der Waals surface area contributed by atoms with Gasteiger partial charge < -0.3 is 29.0 Å². The number of aromatic nitrogens is 4. The van der Waals surface area contributed by atoms with Gasteiger partial charge in [-0.2, -0.15) is 0 Å². The number of likely N-dealkylation sites (N-methyl/N-ethyl adjacent to an activating group) is 1. The Morgan fingerprint density at radius 2 is 1.70 bits per heavy atom. The molecule has 0 aliphatic carbocycles. The second-order valence-corrected chi connectivity index (χ2v) is 18.6. The zero-order chi connectivity index (χ0) is 31.4. The Morgan fingerprint density at radius 1 is 1.02 bits per heavy atom. The molecule has 0 radical (unpaired) electrons. The molecule has 1 aliphatic rings. The number of amides is 1. The van der Waals surface area contributed by atoms with Crippen molar-refractivity contribution in [1.29, 1.82) is 0 Å². The molecule has 1 amide bonds. The van der Waals surface area contributed by atoms with Crippen molar-refractivity contribution in [2.45, 2.75) is 52.3 Å². The number of nitrogens with one attached hydrogen (secondary N) is 1. The van der Waals surface area contributed by atoms with Gasteiger partial charge in [-0.15, -0.1) is 0 Å². The van der Waals surface area contributed by atoms with Crippen LogP contribution in [0.5, 0.6) is 0 Å². The van der Waals surface area contributed by atoms with E-state index in [0.717, 1.165) is 49.2 Å². The number of imidazole rings is 2. The van der Waals surface area contributed by atoms with Gasteiger partial charge >= 0.3 is 0 Å². The molecule has 1 N–H and O–H groups in total. The molecule has 3 heterocycles. The molecule has 2 aromatic carbocycles. The molecule has 0 spiro atoms. The average molecular weight is 618 g/mol. The summed E-state index contributed by atoms with van der Waals surface area (Å²) in [5.41, 5.74) is 4.30. The lowest BCUT2D eigenvalue weighted by atomic mass is 10.1. The van der Waals surface area contributed by atoms with Crippen LogP contribution in [0.25, 0.3) is 22.8 Å². The maximum absolute atomic E-state index is 13.8. The highest BCUT2D eigenvalue weighted by atomic mass is 28.3. The molecular weight excluding hydrogens is 573 g/mol. The van der Waals surface area contributed by atoms with E-state index in [1.165, 1.54) is 12.1 Å². The van der Waals surface area contributed by atoms with Crippen LogP contribution in [0.4, 0.5) is 15.8 Å². The number of anilines is 2. The predicted octanol–water partition coefficient (Wildman–Crippen LogP) is 6.45. The largest absolute Gasteiger partial charge is 0.369 e. The number of hydrogen-bond donors (Lipinski definition) is 1. The van der Waals surface area contributed by atoms with Crippen LogP contribution < -0.4 is 10.2 Å². The molecule has 0 saturated carbocycles. The summed E-state index contributed by atoms with van der Waals surface area (Å²) in [6.45, 7) is 16.0. The van der Waals surface area contributed by atoms with E-state index in [-0.39, 0.29) is 30.2 Å². The first-order valence-electron chi connectivity index (χ1n) is 15.3. The molecular formula is C33H44FN7O2Si. The summed E-state index contributed by atoms with van der Waals surface area (Å²) in [5, 5.41) is 3.02. The van der Waals surface area contributed by atoms with Crippen LogP contribution in [0, 0.1) is 5.82 Å². The van der Waals surface area contributed by atoms with Gasteiger partial charge in [0.05, 0.1) is 12.0 Å². The molecule has 0 atom stereocenters. The lowest BCUT2D eigenvalue weighted by Crippen LogP contribution is -2.44. The van der Waals surface area contributed by atoms with E-state index in [1.54, 1.807) is 24.7 Å². The summed E-state index contributed by atoms with van der Waals surface area (Å²) in [4.78, 5) is 27.8. The Morgan fingerprint density at radius 3 is 2.34 bits per heavy atom. The van der Waals surface area contributed by atoms with E-state index in [4.69, 9.17) is 14.7 Å². The third-order valence-corrected chi connectivity index (χ3v) is 9.61. The zero-order valence-corrected chi connectivity index (χ0v) is 27.7. The highest BCUT2D eigenvalue weighted by molar-refractivity contribution is 6.76. The molecule has 2 aromatic heterocycles. The molecule has 1 saturated heterocycles. The molecule has 5 rings (SSSR count). The summed E-state index contributed by atoms with van der Waals surface area (Å²) >= 11 is 0. The Labute approximate surface area is 260 Å². The Kier molecular flexibility index (Phi) is 9.67. The van der Waals surface area contributed by atoms with Gasteiger partial charge in [-0.3, -0.25) is 4.79 Å². The fourth-order valence-corrected chi connectivity index (χ4v) is 5.92. The van der Waals surface area contributed by atoms with Crippen LogP contribution in [0.15, 0.2) is 61.1 Å². The van der Waals surface area contributed by atoms with Gasteiger partial charge in [0.2, 0.25) is 0 Å². The lowest BCUT2D eigenvalue weighted by Gasteiger charge is -2.34. The normalized spacial score (nSPS) is 14.4. The van der Waals surface area contributed by atoms with Crippen LogP contribution in [0.3, 0.4) is 0 Å². The third-order valence-electron chi connectivity index (χ3n) is 7.91. The molecule has 0 unspecified atom stereocenters. The van der Waals surface area contributed by atoms with Gasteiger partial charge in [-0.1, -0.05) is 19.6 Å². The van der Waals surface area contributed by atoms with Crippen LogP contribution in [0.1, 0.15) is 30.4 Å². The van der Waals surface area contributed by atoms with Crippen molar-refractivity contribution in [1.82, 2.24) is 24.0 Å². The van der Waals surface area contributed by atoms with Crippen LogP contribution in [-0.4, -0.2) is 77.8 Å². The van der Waals surface area contributed by atoms with Gasteiger partial charge in [-0.05, 0) is 75.5 Å². The number of nitrogens with zero attached hydrogens (tertiary/aromatic N) is 6. The summed E-state index contributed by atoms with van der Waals surface area (Å²) in [6.07, 6.45) is 3.51. The fraction of sp³-hybridized carbons (Fsp3) is 0.424. The number of halogens is 1. The number of carbonyl (C=O) groups excluding carboxylic acids is 1. The number of benzene rings is 2. The number of carbonyl (C=O) groups is 1. The van der Waals surface area contributed by atoms with Crippen molar-refractivity contribution in [2.75, 3.05) is 50.1 Å². The van der Waals surface area contributed by atoms with E-state index in [1.807, 2.05) is 33.4 Å². The summed E-state index contributed by atoms with van der Waals surface area (Å²) < 4.78 is 23.8. The van der Waals surface area contributed by atoms with Gasteiger partial charge in [-0.25, -0.2) is 14.4 Å². The summed E-state index contributed by atoms with van der Waals surface area (Å²) in [6, 6.07) is 15.3. The maximum Gasteiger partial charge on any atom is 0.275 e. The summed E-state index contributed by atoms with van der Waals surface area (Å²) in [5.74, 6) is -0.0519. The monoisotopic (exact) mass is 617 g/mol. The van der Waals surface area contributed by atoms with Crippen LogP contribution in [-0.2, 0) is 11.5 Å². The Bertz CT molecular complexity index is 1550. The minimum absolute atomic E-state index is 0.0701. The van der Waals surface area contributed by atoms with E-state index in [2.05, 4.69) is 55.7 Å². The van der Waals surface area contributed by atoms with Crippen molar-refractivity contribution in [3.63, 3.8) is 0 Å². The van der Waals surface area contributed by atoms with E-state index in [9.17, 15) is 9.18 Å². The minimum atomic E-state index is -1.28. The highest BCUT2D eigenvalue weighted by Crippen LogP contribution is 2.33. The Balaban J connectivity index is 1.44. The number of piperazine rings is 1. The standard InChI is InChI=1S/C33H44FN7O2Si/c1-24(2)41-22-35-30(25-7-9-26(34)10-8-25)31(41)32-37-29(21-40(32)23-43-19-20-44(4,5)6)33(42)36-27-11-13-28(14-12-27)39-17-15-38(3)16-18-39/h7-14,21-22,24H,15-20,23H2,1-6H3,(H,36,42). The van der Waals surface area contributed by atoms with Gasteiger partial charge in [0.25, 0.3) is 5.91 Å². The molecule has 0 bridgehead atoms. The van der Waals surface area contributed by atoms with Gasteiger partial charge in [0.15, 0.2) is 5.82 Å². The van der Waals surface area contributed by atoms with Crippen molar-refractivity contribution < 1.29 is 13.9 Å². The van der Waals surface area contributed by atoms with Crippen LogP contribution >= 0.6 is 0 Å². The molecule has 4 aromatic rings. The summed E-state index contributed by atoms with van der Waals surface area (Å²) in [7, 11) is 0.859. The molecule has 1 fully saturated rings.